The number of nitrogens with one attached hydrogen (secondary N) is 1. The van der Waals surface area contributed by atoms with Crippen LogP contribution in [0.3, 0.4) is 0 Å². The predicted octanol–water partition coefficient (Wildman–Crippen LogP) is 3.73. The highest BCUT2D eigenvalue weighted by atomic mass is 79.9. The Morgan fingerprint density at radius 3 is 2.80 bits per heavy atom. The first-order valence-corrected chi connectivity index (χ1v) is 6.04. The van der Waals surface area contributed by atoms with Crippen LogP contribution in [-0.4, -0.2) is 10.5 Å². The molecule has 1 heterocycles. The molecule has 4 heteroatoms. The lowest BCUT2D eigenvalue weighted by atomic mass is 9.75. The molecule has 2 nitrogen and oxygen atoms in total. The third-order valence-corrected chi connectivity index (χ3v) is 3.61. The Morgan fingerprint density at radius 1 is 1.60 bits per heavy atom. The maximum Gasteiger partial charge on any atom is 0.166 e. The SMILES string of the molecule is CCC1(Nc2ncc(Br)cc2F)CCC1. The largest absolute Gasteiger partial charge is 0.362 e. The van der Waals surface area contributed by atoms with Crippen molar-refractivity contribution in [1.82, 2.24) is 4.98 Å². The van der Waals surface area contributed by atoms with E-state index in [1.165, 1.54) is 12.5 Å². The molecule has 0 saturated heterocycles. The number of pyridine rings is 1. The number of halogens is 2. The van der Waals surface area contributed by atoms with E-state index in [0.29, 0.717) is 10.3 Å². The van der Waals surface area contributed by atoms with Crippen molar-refractivity contribution in [2.45, 2.75) is 38.1 Å². The van der Waals surface area contributed by atoms with Crippen LogP contribution < -0.4 is 5.32 Å². The topological polar surface area (TPSA) is 24.9 Å². The summed E-state index contributed by atoms with van der Waals surface area (Å²) in [7, 11) is 0. The Morgan fingerprint density at radius 2 is 2.33 bits per heavy atom. The molecule has 1 N–H and O–H groups in total. The van der Waals surface area contributed by atoms with Gasteiger partial charge in [0.05, 0.1) is 0 Å². The third-order valence-electron chi connectivity index (χ3n) is 3.18. The molecular formula is C11H14BrFN2. The Balaban J connectivity index is 2.16. The van der Waals surface area contributed by atoms with E-state index >= 15 is 0 Å². The number of nitrogens with zero attached hydrogens (tertiary/aromatic N) is 1. The number of hydrogen-bond donors (Lipinski definition) is 1. The summed E-state index contributed by atoms with van der Waals surface area (Å²) in [6.45, 7) is 2.13. The van der Waals surface area contributed by atoms with E-state index in [-0.39, 0.29) is 11.4 Å². The molecule has 1 fully saturated rings. The minimum atomic E-state index is -0.288. The molecule has 1 saturated carbocycles. The normalized spacial score (nSPS) is 18.3. The van der Waals surface area contributed by atoms with E-state index in [9.17, 15) is 4.39 Å². The number of rotatable bonds is 3. The molecule has 82 valence electrons. The molecule has 1 aliphatic carbocycles. The molecule has 0 bridgehead atoms. The summed E-state index contributed by atoms with van der Waals surface area (Å²) in [6, 6.07) is 1.44. The van der Waals surface area contributed by atoms with Crippen molar-refractivity contribution < 1.29 is 4.39 Å². The van der Waals surface area contributed by atoms with Gasteiger partial charge in [-0.2, -0.15) is 0 Å². The molecule has 0 unspecified atom stereocenters. The molecule has 0 amide bonds. The van der Waals surface area contributed by atoms with Crippen LogP contribution in [0.25, 0.3) is 0 Å². The average molecular weight is 273 g/mol. The highest BCUT2D eigenvalue weighted by Crippen LogP contribution is 2.38. The molecule has 15 heavy (non-hydrogen) atoms. The number of aromatic nitrogens is 1. The van der Waals surface area contributed by atoms with E-state index in [1.54, 1.807) is 6.20 Å². The smallest absolute Gasteiger partial charge is 0.166 e. The second-order valence-corrected chi connectivity index (χ2v) is 5.01. The van der Waals surface area contributed by atoms with E-state index in [0.717, 1.165) is 19.3 Å². The van der Waals surface area contributed by atoms with E-state index in [4.69, 9.17) is 0 Å². The monoisotopic (exact) mass is 272 g/mol. The van der Waals surface area contributed by atoms with Crippen LogP contribution in [0.1, 0.15) is 32.6 Å². The average Bonchev–Trinajstić information content (AvgIpc) is 2.14. The van der Waals surface area contributed by atoms with E-state index in [1.807, 2.05) is 0 Å². The fourth-order valence-corrected chi connectivity index (χ4v) is 2.23. The first-order chi connectivity index (χ1) is 7.15. The van der Waals surface area contributed by atoms with Crippen molar-refractivity contribution in [2.75, 3.05) is 5.32 Å². The first-order valence-electron chi connectivity index (χ1n) is 5.24. The zero-order valence-corrected chi connectivity index (χ0v) is 10.3. The van der Waals surface area contributed by atoms with Gasteiger partial charge in [0, 0.05) is 16.2 Å². The van der Waals surface area contributed by atoms with Crippen LogP contribution in [0.5, 0.6) is 0 Å². The van der Waals surface area contributed by atoms with Gasteiger partial charge < -0.3 is 5.32 Å². The Hall–Kier alpha value is -0.640. The van der Waals surface area contributed by atoms with Crippen LogP contribution in [0.4, 0.5) is 10.2 Å². The van der Waals surface area contributed by atoms with Gasteiger partial charge in [0.1, 0.15) is 0 Å². The van der Waals surface area contributed by atoms with Gasteiger partial charge in [-0.15, -0.1) is 0 Å². The van der Waals surface area contributed by atoms with Crippen molar-refractivity contribution in [3.8, 4) is 0 Å². The second-order valence-electron chi connectivity index (χ2n) is 4.10. The van der Waals surface area contributed by atoms with Gasteiger partial charge in [0.15, 0.2) is 11.6 Å². The Bertz CT molecular complexity index is 358. The lowest BCUT2D eigenvalue weighted by Gasteiger charge is -2.42. The number of anilines is 1. The van der Waals surface area contributed by atoms with Gasteiger partial charge in [0.25, 0.3) is 0 Å². The molecule has 0 aliphatic heterocycles. The molecule has 1 aromatic heterocycles. The molecule has 1 aromatic rings. The van der Waals surface area contributed by atoms with Gasteiger partial charge >= 0.3 is 0 Å². The predicted molar refractivity (Wildman–Crippen MR) is 62.4 cm³/mol. The quantitative estimate of drug-likeness (QED) is 0.907. The van der Waals surface area contributed by atoms with Gasteiger partial charge in [-0.1, -0.05) is 6.92 Å². The maximum atomic E-state index is 13.5. The minimum absolute atomic E-state index is 0.0850. The van der Waals surface area contributed by atoms with Crippen molar-refractivity contribution in [1.29, 1.82) is 0 Å². The first kappa shape index (κ1) is 10.9. The van der Waals surface area contributed by atoms with Gasteiger partial charge in [0.2, 0.25) is 0 Å². The Kier molecular flexibility index (Phi) is 2.96. The van der Waals surface area contributed by atoms with Gasteiger partial charge in [-0.3, -0.25) is 0 Å². The fourth-order valence-electron chi connectivity index (χ4n) is 1.93. The molecular weight excluding hydrogens is 259 g/mol. The highest BCUT2D eigenvalue weighted by Gasteiger charge is 2.35. The summed E-state index contributed by atoms with van der Waals surface area (Å²) < 4.78 is 14.2. The van der Waals surface area contributed by atoms with E-state index < -0.39 is 0 Å². The van der Waals surface area contributed by atoms with E-state index in [2.05, 4.69) is 33.2 Å². The maximum absolute atomic E-state index is 13.5. The highest BCUT2D eigenvalue weighted by molar-refractivity contribution is 9.10. The molecule has 0 radical (unpaired) electrons. The van der Waals surface area contributed by atoms with Crippen LogP contribution in [0.2, 0.25) is 0 Å². The summed E-state index contributed by atoms with van der Waals surface area (Å²) >= 11 is 3.19. The number of hydrogen-bond acceptors (Lipinski definition) is 2. The van der Waals surface area contributed by atoms with Crippen LogP contribution >= 0.6 is 15.9 Å². The lowest BCUT2D eigenvalue weighted by molar-refractivity contribution is 0.267. The van der Waals surface area contributed by atoms with Gasteiger partial charge in [-0.25, -0.2) is 9.37 Å². The van der Waals surface area contributed by atoms with Crippen molar-refractivity contribution >= 4 is 21.7 Å². The summed E-state index contributed by atoms with van der Waals surface area (Å²) in [5.41, 5.74) is 0.0850. The molecule has 0 atom stereocenters. The fraction of sp³-hybridized carbons (Fsp3) is 0.545. The standard InChI is InChI=1S/C11H14BrFN2/c1-2-11(4-3-5-11)15-10-9(13)6-8(12)7-14-10/h6-7H,2-5H2,1H3,(H,14,15). The molecule has 0 spiro atoms. The van der Waals surface area contributed by atoms with Crippen molar-refractivity contribution in [3.63, 3.8) is 0 Å². The van der Waals surface area contributed by atoms with Crippen molar-refractivity contribution in [2.24, 2.45) is 0 Å². The zero-order chi connectivity index (χ0) is 10.9. The van der Waals surface area contributed by atoms with Crippen LogP contribution in [0.15, 0.2) is 16.7 Å². The van der Waals surface area contributed by atoms with Crippen LogP contribution in [0, 0.1) is 5.82 Å². The van der Waals surface area contributed by atoms with Crippen molar-refractivity contribution in [3.05, 3.63) is 22.6 Å². The zero-order valence-electron chi connectivity index (χ0n) is 8.69. The lowest BCUT2D eigenvalue weighted by Crippen LogP contribution is -2.44. The molecule has 2 rings (SSSR count). The Labute approximate surface area is 97.4 Å². The molecule has 0 aromatic carbocycles. The third kappa shape index (κ3) is 2.14. The summed E-state index contributed by atoms with van der Waals surface area (Å²) in [6.07, 6.45) is 6.08. The van der Waals surface area contributed by atoms with Gasteiger partial charge in [-0.05, 0) is 47.7 Å². The van der Waals surface area contributed by atoms with Crippen LogP contribution in [-0.2, 0) is 0 Å². The summed E-state index contributed by atoms with van der Waals surface area (Å²) in [4.78, 5) is 4.06. The second kappa shape index (κ2) is 4.08. The summed E-state index contributed by atoms with van der Waals surface area (Å²) in [5.74, 6) is 0.0869. The molecule has 1 aliphatic rings. The summed E-state index contributed by atoms with van der Waals surface area (Å²) in [5, 5.41) is 3.23. The minimum Gasteiger partial charge on any atom is -0.362 e.